The second-order valence-electron chi connectivity index (χ2n) is 3.55. The predicted octanol–water partition coefficient (Wildman–Crippen LogP) is 3.07. The Labute approximate surface area is 118 Å². The lowest BCUT2D eigenvalue weighted by Crippen LogP contribution is -2.11. The van der Waals surface area contributed by atoms with Crippen LogP contribution in [0.15, 0.2) is 34.7 Å². The van der Waals surface area contributed by atoms with Crippen molar-refractivity contribution in [1.82, 2.24) is 15.3 Å². The third-order valence-electron chi connectivity index (χ3n) is 2.35. The summed E-state index contributed by atoms with van der Waals surface area (Å²) in [5.41, 5.74) is 2.41. The average Bonchev–Trinajstić information content (AvgIpc) is 2.36. The number of aryl methyl sites for hydroxylation is 1. The Morgan fingerprint density at radius 1 is 1.56 bits per heavy atom. The van der Waals surface area contributed by atoms with Crippen molar-refractivity contribution >= 4 is 33.1 Å². The molecule has 1 aliphatic heterocycles. The minimum Gasteiger partial charge on any atom is -0.360 e. The number of nitriles is 1. The van der Waals surface area contributed by atoms with Crippen molar-refractivity contribution in [3.05, 3.63) is 51.3 Å². The Kier molecular flexibility index (Phi) is 3.80. The van der Waals surface area contributed by atoms with E-state index in [1.54, 1.807) is 12.4 Å². The van der Waals surface area contributed by atoms with E-state index in [0.29, 0.717) is 17.0 Å². The molecule has 0 spiro atoms. The SMILES string of the molecule is Cc1cnc(Cl)nc1C(C#N)=C1NC=CC=C1Br. The van der Waals surface area contributed by atoms with Gasteiger partial charge in [-0.05, 0) is 52.2 Å². The maximum Gasteiger partial charge on any atom is 0.222 e. The summed E-state index contributed by atoms with van der Waals surface area (Å²) < 4.78 is 0.788. The van der Waals surface area contributed by atoms with E-state index < -0.39 is 0 Å². The van der Waals surface area contributed by atoms with E-state index >= 15 is 0 Å². The van der Waals surface area contributed by atoms with Crippen molar-refractivity contribution < 1.29 is 0 Å². The van der Waals surface area contributed by atoms with Crippen LogP contribution in [0.5, 0.6) is 0 Å². The van der Waals surface area contributed by atoms with Gasteiger partial charge < -0.3 is 5.32 Å². The van der Waals surface area contributed by atoms with E-state index in [-0.39, 0.29) is 5.28 Å². The highest BCUT2D eigenvalue weighted by molar-refractivity contribution is 9.12. The van der Waals surface area contributed by atoms with Gasteiger partial charge in [0.2, 0.25) is 5.28 Å². The number of nitrogens with one attached hydrogen (secondary N) is 1. The third-order valence-corrected chi connectivity index (χ3v) is 3.19. The first kappa shape index (κ1) is 12.8. The molecule has 2 heterocycles. The standard InChI is InChI=1S/C12H8BrClN4/c1-7-6-17-12(14)18-10(7)8(5-15)11-9(13)3-2-4-16-11/h2-4,6,16H,1H3. The number of hydrogen-bond donors (Lipinski definition) is 1. The summed E-state index contributed by atoms with van der Waals surface area (Å²) >= 11 is 9.18. The largest absolute Gasteiger partial charge is 0.360 e. The quantitative estimate of drug-likeness (QED) is 0.637. The zero-order valence-electron chi connectivity index (χ0n) is 9.41. The van der Waals surface area contributed by atoms with Gasteiger partial charge in [-0.15, -0.1) is 0 Å². The van der Waals surface area contributed by atoms with E-state index in [2.05, 4.69) is 37.3 Å². The second-order valence-corrected chi connectivity index (χ2v) is 4.74. The fraction of sp³-hybridized carbons (Fsp3) is 0.0833. The van der Waals surface area contributed by atoms with Gasteiger partial charge in [0.25, 0.3) is 0 Å². The van der Waals surface area contributed by atoms with Gasteiger partial charge in [-0.1, -0.05) is 0 Å². The lowest BCUT2D eigenvalue weighted by molar-refractivity contribution is 1.07. The summed E-state index contributed by atoms with van der Waals surface area (Å²) in [6.45, 7) is 1.83. The highest BCUT2D eigenvalue weighted by atomic mass is 79.9. The topological polar surface area (TPSA) is 61.6 Å². The van der Waals surface area contributed by atoms with Gasteiger partial charge in [-0.2, -0.15) is 5.26 Å². The monoisotopic (exact) mass is 322 g/mol. The molecule has 0 saturated carbocycles. The third kappa shape index (κ3) is 2.45. The van der Waals surface area contributed by atoms with Crippen LogP contribution in [0.1, 0.15) is 11.3 Å². The molecule has 1 aromatic heterocycles. The molecule has 0 saturated heterocycles. The molecule has 18 heavy (non-hydrogen) atoms. The number of halogens is 2. The fourth-order valence-electron chi connectivity index (χ4n) is 1.51. The molecule has 0 atom stereocenters. The first-order valence-electron chi connectivity index (χ1n) is 5.06. The molecule has 0 bridgehead atoms. The molecule has 0 amide bonds. The number of dihydropyridines is 1. The first-order chi connectivity index (χ1) is 8.63. The smallest absolute Gasteiger partial charge is 0.222 e. The number of aromatic nitrogens is 2. The van der Waals surface area contributed by atoms with Crippen LogP contribution in [0, 0.1) is 18.3 Å². The van der Waals surface area contributed by atoms with Gasteiger partial charge >= 0.3 is 0 Å². The van der Waals surface area contributed by atoms with Crippen LogP contribution >= 0.6 is 27.5 Å². The van der Waals surface area contributed by atoms with Crippen LogP contribution in [-0.2, 0) is 0 Å². The summed E-state index contributed by atoms with van der Waals surface area (Å²) in [5, 5.41) is 12.5. The molecular formula is C12H8BrClN4. The minimum absolute atomic E-state index is 0.121. The van der Waals surface area contributed by atoms with Crippen molar-refractivity contribution in [3.63, 3.8) is 0 Å². The van der Waals surface area contributed by atoms with Crippen LogP contribution in [0.3, 0.4) is 0 Å². The predicted molar refractivity (Wildman–Crippen MR) is 73.6 cm³/mol. The minimum atomic E-state index is 0.121. The van der Waals surface area contributed by atoms with Crippen molar-refractivity contribution in [1.29, 1.82) is 5.26 Å². The van der Waals surface area contributed by atoms with E-state index in [4.69, 9.17) is 11.6 Å². The van der Waals surface area contributed by atoms with E-state index in [1.807, 2.05) is 19.1 Å². The summed E-state index contributed by atoms with van der Waals surface area (Å²) in [5.74, 6) is 0. The van der Waals surface area contributed by atoms with Crippen LogP contribution in [0.2, 0.25) is 5.28 Å². The van der Waals surface area contributed by atoms with Crippen LogP contribution < -0.4 is 5.32 Å². The van der Waals surface area contributed by atoms with Gasteiger partial charge in [0.05, 0.1) is 11.4 Å². The molecule has 0 aliphatic carbocycles. The second kappa shape index (κ2) is 5.34. The van der Waals surface area contributed by atoms with Gasteiger partial charge in [0.15, 0.2) is 0 Å². The zero-order chi connectivity index (χ0) is 13.1. The number of allylic oxidation sites excluding steroid dienone is 4. The molecule has 6 heteroatoms. The zero-order valence-corrected chi connectivity index (χ0v) is 11.7. The summed E-state index contributed by atoms with van der Waals surface area (Å²) in [6, 6.07) is 2.15. The Balaban J connectivity index is 2.63. The molecule has 1 aromatic rings. The van der Waals surface area contributed by atoms with E-state index in [1.165, 1.54) is 0 Å². The fourth-order valence-corrected chi connectivity index (χ4v) is 2.11. The van der Waals surface area contributed by atoms with Crippen molar-refractivity contribution in [2.24, 2.45) is 0 Å². The maximum absolute atomic E-state index is 9.34. The Hall–Kier alpha value is -1.64. The number of rotatable bonds is 1. The van der Waals surface area contributed by atoms with Gasteiger partial charge in [0, 0.05) is 16.9 Å². The molecule has 0 radical (unpaired) electrons. The van der Waals surface area contributed by atoms with E-state index in [9.17, 15) is 5.26 Å². The van der Waals surface area contributed by atoms with Crippen molar-refractivity contribution in [2.45, 2.75) is 6.92 Å². The molecule has 4 nitrogen and oxygen atoms in total. The first-order valence-corrected chi connectivity index (χ1v) is 6.23. The molecule has 0 unspecified atom stereocenters. The lowest BCUT2D eigenvalue weighted by atomic mass is 10.1. The Morgan fingerprint density at radius 2 is 2.33 bits per heavy atom. The van der Waals surface area contributed by atoms with E-state index in [0.717, 1.165) is 10.0 Å². The molecule has 0 fully saturated rings. The molecule has 1 aliphatic rings. The molecule has 1 N–H and O–H groups in total. The number of hydrogen-bond acceptors (Lipinski definition) is 4. The molecule has 90 valence electrons. The molecule has 2 rings (SSSR count). The van der Waals surface area contributed by atoms with Crippen LogP contribution in [0.4, 0.5) is 0 Å². The lowest BCUT2D eigenvalue weighted by Gasteiger charge is -2.13. The summed E-state index contributed by atoms with van der Waals surface area (Å²) in [4.78, 5) is 8.00. The molecular weight excluding hydrogens is 316 g/mol. The highest BCUT2D eigenvalue weighted by Gasteiger charge is 2.16. The normalized spacial score (nSPS) is 16.7. The van der Waals surface area contributed by atoms with Crippen LogP contribution in [-0.4, -0.2) is 9.97 Å². The van der Waals surface area contributed by atoms with Crippen molar-refractivity contribution in [2.75, 3.05) is 0 Å². The van der Waals surface area contributed by atoms with Gasteiger partial charge in [-0.25, -0.2) is 9.97 Å². The average molecular weight is 324 g/mol. The van der Waals surface area contributed by atoms with Crippen molar-refractivity contribution in [3.8, 4) is 6.07 Å². The maximum atomic E-state index is 9.34. The Bertz CT molecular complexity index is 625. The van der Waals surface area contributed by atoms with Gasteiger partial charge in [-0.3, -0.25) is 0 Å². The summed E-state index contributed by atoms with van der Waals surface area (Å²) in [6.07, 6.45) is 7.03. The summed E-state index contributed by atoms with van der Waals surface area (Å²) in [7, 11) is 0. The highest BCUT2D eigenvalue weighted by Crippen LogP contribution is 2.27. The molecule has 0 aromatic carbocycles. The van der Waals surface area contributed by atoms with Crippen LogP contribution in [0.25, 0.3) is 5.57 Å². The Morgan fingerprint density at radius 3 is 3.00 bits per heavy atom. The van der Waals surface area contributed by atoms with Gasteiger partial charge in [0.1, 0.15) is 11.6 Å². The number of nitrogens with zero attached hydrogens (tertiary/aromatic N) is 3.